The second-order valence-electron chi connectivity index (χ2n) is 6.58. The van der Waals surface area contributed by atoms with E-state index < -0.39 is 5.63 Å². The van der Waals surface area contributed by atoms with Crippen LogP contribution in [0.1, 0.15) is 10.4 Å². The first-order valence-corrected chi connectivity index (χ1v) is 9.35. The first-order valence-electron chi connectivity index (χ1n) is 8.97. The number of carbonyl (C=O) groups excluding carboxylic acids is 1. The molecule has 0 radical (unpaired) electrons. The lowest BCUT2D eigenvalue weighted by molar-refractivity contribution is 0.0742. The van der Waals surface area contributed by atoms with E-state index in [-0.39, 0.29) is 11.5 Å². The highest BCUT2D eigenvalue weighted by atomic mass is 35.5. The van der Waals surface area contributed by atoms with Gasteiger partial charge in [0.1, 0.15) is 16.9 Å². The Labute approximate surface area is 166 Å². The van der Waals surface area contributed by atoms with Gasteiger partial charge in [-0.2, -0.15) is 0 Å². The zero-order chi connectivity index (χ0) is 19.7. The Balaban J connectivity index is 1.53. The molecule has 1 aliphatic rings. The fraction of sp³-hybridized carbons (Fsp3) is 0.238. The SMILES string of the molecule is COc1ccccc1N1CCN(C(=O)c2cc3cc(Cl)ccc3oc2=O)CC1. The molecule has 1 aromatic heterocycles. The van der Waals surface area contributed by atoms with E-state index in [1.54, 1.807) is 36.3 Å². The van der Waals surface area contributed by atoms with Crippen LogP contribution in [0.4, 0.5) is 5.69 Å². The van der Waals surface area contributed by atoms with Crippen molar-refractivity contribution < 1.29 is 13.9 Å². The van der Waals surface area contributed by atoms with Gasteiger partial charge in [0.2, 0.25) is 0 Å². The molecule has 2 aromatic carbocycles. The van der Waals surface area contributed by atoms with E-state index in [9.17, 15) is 9.59 Å². The van der Waals surface area contributed by atoms with Crippen LogP contribution in [0.25, 0.3) is 11.0 Å². The van der Waals surface area contributed by atoms with Gasteiger partial charge >= 0.3 is 5.63 Å². The van der Waals surface area contributed by atoms with Gasteiger partial charge in [0.15, 0.2) is 0 Å². The minimum atomic E-state index is -0.632. The van der Waals surface area contributed by atoms with Gasteiger partial charge in [-0.1, -0.05) is 23.7 Å². The quantitative estimate of drug-likeness (QED) is 0.632. The van der Waals surface area contributed by atoms with Gasteiger partial charge in [0, 0.05) is 36.6 Å². The van der Waals surface area contributed by atoms with Crippen molar-refractivity contribution in [2.75, 3.05) is 38.2 Å². The number of anilines is 1. The van der Waals surface area contributed by atoms with Crippen LogP contribution in [0.3, 0.4) is 0 Å². The Morgan fingerprint density at radius 3 is 2.57 bits per heavy atom. The van der Waals surface area contributed by atoms with Crippen molar-refractivity contribution in [1.82, 2.24) is 4.90 Å². The normalized spacial score (nSPS) is 14.4. The molecule has 1 aliphatic heterocycles. The topological polar surface area (TPSA) is 63.0 Å². The molecule has 0 bridgehead atoms. The van der Waals surface area contributed by atoms with Crippen molar-refractivity contribution in [3.05, 3.63) is 69.5 Å². The Bertz CT molecular complexity index is 1090. The van der Waals surface area contributed by atoms with Crippen LogP contribution in [0.15, 0.2) is 57.7 Å². The number of halogens is 1. The molecule has 1 saturated heterocycles. The van der Waals surface area contributed by atoms with Crippen LogP contribution in [-0.4, -0.2) is 44.1 Å². The van der Waals surface area contributed by atoms with Crippen LogP contribution in [0.2, 0.25) is 5.02 Å². The summed E-state index contributed by atoms with van der Waals surface area (Å²) in [5.74, 6) is 0.477. The van der Waals surface area contributed by atoms with E-state index in [1.165, 1.54) is 0 Å². The number of amides is 1. The van der Waals surface area contributed by atoms with E-state index in [4.69, 9.17) is 20.8 Å². The van der Waals surface area contributed by atoms with Gasteiger partial charge in [0.25, 0.3) is 5.91 Å². The molecule has 1 amide bonds. The van der Waals surface area contributed by atoms with Gasteiger partial charge < -0.3 is 19.0 Å². The molecule has 2 heterocycles. The number of nitrogens with zero attached hydrogens (tertiary/aromatic N) is 2. The van der Waals surface area contributed by atoms with Gasteiger partial charge in [-0.15, -0.1) is 0 Å². The van der Waals surface area contributed by atoms with Crippen molar-refractivity contribution in [2.24, 2.45) is 0 Å². The predicted octanol–water partition coefficient (Wildman–Crippen LogP) is 3.42. The predicted molar refractivity (Wildman–Crippen MR) is 109 cm³/mol. The summed E-state index contributed by atoms with van der Waals surface area (Å²) in [6.45, 7) is 2.31. The van der Waals surface area contributed by atoms with Crippen LogP contribution in [0, 0.1) is 0 Å². The smallest absolute Gasteiger partial charge is 0.349 e. The molecule has 0 spiro atoms. The average molecular weight is 399 g/mol. The summed E-state index contributed by atoms with van der Waals surface area (Å²) in [6.07, 6.45) is 0. The first-order chi connectivity index (χ1) is 13.6. The lowest BCUT2D eigenvalue weighted by Gasteiger charge is -2.36. The van der Waals surface area contributed by atoms with Crippen molar-refractivity contribution in [1.29, 1.82) is 0 Å². The molecule has 6 nitrogen and oxygen atoms in total. The second kappa shape index (κ2) is 7.56. The number of hydrogen-bond acceptors (Lipinski definition) is 5. The summed E-state index contributed by atoms with van der Waals surface area (Å²) >= 11 is 6.01. The molecule has 3 aromatic rings. The van der Waals surface area contributed by atoms with Crippen molar-refractivity contribution in [3.63, 3.8) is 0 Å². The summed E-state index contributed by atoms with van der Waals surface area (Å²) in [7, 11) is 1.64. The Hall–Kier alpha value is -2.99. The summed E-state index contributed by atoms with van der Waals surface area (Å²) in [6, 6.07) is 14.3. The molecule has 7 heteroatoms. The second-order valence-corrected chi connectivity index (χ2v) is 7.02. The summed E-state index contributed by atoms with van der Waals surface area (Å²) in [4.78, 5) is 29.0. The molecule has 144 valence electrons. The maximum Gasteiger partial charge on any atom is 0.349 e. The molecule has 0 N–H and O–H groups in total. The molecule has 1 fully saturated rings. The number of piperazine rings is 1. The molecule has 0 saturated carbocycles. The number of ether oxygens (including phenoxy) is 1. The van der Waals surface area contributed by atoms with Gasteiger partial charge in [-0.25, -0.2) is 4.79 Å². The molecular weight excluding hydrogens is 380 g/mol. The maximum absolute atomic E-state index is 12.9. The maximum atomic E-state index is 12.9. The molecule has 0 atom stereocenters. The van der Waals surface area contributed by atoms with E-state index >= 15 is 0 Å². The van der Waals surface area contributed by atoms with Crippen LogP contribution in [0.5, 0.6) is 5.75 Å². The van der Waals surface area contributed by atoms with Crippen LogP contribution >= 0.6 is 11.6 Å². The van der Waals surface area contributed by atoms with Gasteiger partial charge in [-0.05, 0) is 36.4 Å². The highest BCUT2D eigenvalue weighted by Crippen LogP contribution is 2.28. The zero-order valence-electron chi connectivity index (χ0n) is 15.4. The highest BCUT2D eigenvalue weighted by molar-refractivity contribution is 6.31. The van der Waals surface area contributed by atoms with Gasteiger partial charge in [0.05, 0.1) is 12.8 Å². The number of benzene rings is 2. The minimum absolute atomic E-state index is 0.0282. The third-order valence-corrected chi connectivity index (χ3v) is 5.15. The Morgan fingerprint density at radius 1 is 1.07 bits per heavy atom. The van der Waals surface area contributed by atoms with Crippen molar-refractivity contribution in [2.45, 2.75) is 0 Å². The first kappa shape index (κ1) is 18.4. The monoisotopic (exact) mass is 398 g/mol. The number of hydrogen-bond donors (Lipinski definition) is 0. The fourth-order valence-electron chi connectivity index (χ4n) is 3.46. The number of para-hydroxylation sites is 2. The van der Waals surface area contributed by atoms with Crippen molar-refractivity contribution in [3.8, 4) is 5.75 Å². The number of methoxy groups -OCH3 is 1. The van der Waals surface area contributed by atoms with Gasteiger partial charge in [-0.3, -0.25) is 4.79 Å². The van der Waals surface area contributed by atoms with Crippen LogP contribution in [-0.2, 0) is 0 Å². The number of fused-ring (bicyclic) bond motifs is 1. The number of carbonyl (C=O) groups is 1. The highest BCUT2D eigenvalue weighted by Gasteiger charge is 2.26. The molecule has 4 rings (SSSR count). The largest absolute Gasteiger partial charge is 0.495 e. The third-order valence-electron chi connectivity index (χ3n) is 4.92. The summed E-state index contributed by atoms with van der Waals surface area (Å²) in [5, 5.41) is 1.15. The standard InChI is InChI=1S/C21H19ClN2O4/c1-27-19-5-3-2-4-17(19)23-8-10-24(11-9-23)20(25)16-13-14-12-15(22)6-7-18(14)28-21(16)26/h2-7,12-13H,8-11H2,1H3. The van der Waals surface area contributed by atoms with E-state index in [1.807, 2.05) is 24.3 Å². The zero-order valence-corrected chi connectivity index (χ0v) is 16.1. The molecular formula is C21H19ClN2O4. The number of rotatable bonds is 3. The molecule has 0 aliphatic carbocycles. The fourth-order valence-corrected chi connectivity index (χ4v) is 3.64. The molecule has 0 unspecified atom stereocenters. The summed E-state index contributed by atoms with van der Waals surface area (Å²) < 4.78 is 10.7. The van der Waals surface area contributed by atoms with E-state index in [2.05, 4.69) is 4.90 Å². The lowest BCUT2D eigenvalue weighted by atomic mass is 10.1. The Morgan fingerprint density at radius 2 is 1.82 bits per heavy atom. The van der Waals surface area contributed by atoms with E-state index in [0.29, 0.717) is 42.2 Å². The molecule has 28 heavy (non-hydrogen) atoms. The Kier molecular flexibility index (Phi) is 4.96. The third kappa shape index (κ3) is 3.43. The lowest BCUT2D eigenvalue weighted by Crippen LogP contribution is -2.49. The summed E-state index contributed by atoms with van der Waals surface area (Å²) in [5.41, 5.74) is 0.802. The van der Waals surface area contributed by atoms with Crippen LogP contribution < -0.4 is 15.3 Å². The van der Waals surface area contributed by atoms with Crippen molar-refractivity contribution >= 4 is 34.2 Å². The van der Waals surface area contributed by atoms with E-state index in [0.717, 1.165) is 11.4 Å². The minimum Gasteiger partial charge on any atom is -0.495 e. The average Bonchev–Trinajstić information content (AvgIpc) is 2.73.